The van der Waals surface area contributed by atoms with Crippen molar-refractivity contribution in [3.8, 4) is 0 Å². The Balaban J connectivity index is 1.27. The lowest BCUT2D eigenvalue weighted by atomic mass is 10.1. The molecule has 0 aliphatic carbocycles. The van der Waals surface area contributed by atoms with E-state index in [-0.39, 0.29) is 77.2 Å². The topological polar surface area (TPSA) is 120 Å². The Bertz CT molecular complexity index is 1530. The molecule has 2 aromatic carbocycles. The number of piperidine rings is 1. The van der Waals surface area contributed by atoms with Gasteiger partial charge in [0.25, 0.3) is 0 Å². The van der Waals surface area contributed by atoms with Gasteiger partial charge in [0, 0.05) is 19.6 Å². The highest BCUT2D eigenvalue weighted by atomic mass is 32.2. The molecule has 2 fully saturated rings. The molecule has 3 aromatic rings. The number of ether oxygens (including phenoxy) is 4. The molecule has 11 nitrogen and oxygen atoms in total. The summed E-state index contributed by atoms with van der Waals surface area (Å²) in [6, 6.07) is 18.4. The summed E-state index contributed by atoms with van der Waals surface area (Å²) in [5, 5.41) is 0. The first-order valence-electron chi connectivity index (χ1n) is 15.7. The maximum atomic E-state index is 14.1. The quantitative estimate of drug-likeness (QED) is 0.238. The van der Waals surface area contributed by atoms with Crippen molar-refractivity contribution in [2.45, 2.75) is 50.8 Å². The summed E-state index contributed by atoms with van der Waals surface area (Å²) in [4.78, 5) is 19.0. The molecule has 1 atom stereocenters. The lowest BCUT2D eigenvalue weighted by Gasteiger charge is -2.34. The second-order valence-electron chi connectivity index (χ2n) is 11.5. The maximum Gasteiger partial charge on any atom is 0.420 e. The Morgan fingerprint density at radius 1 is 0.938 bits per heavy atom. The highest BCUT2D eigenvalue weighted by Gasteiger charge is 2.40. The van der Waals surface area contributed by atoms with Crippen LogP contribution >= 0.6 is 0 Å². The van der Waals surface area contributed by atoms with Crippen LogP contribution in [0.3, 0.4) is 0 Å². The van der Waals surface area contributed by atoms with Crippen molar-refractivity contribution in [3.63, 3.8) is 0 Å². The molecule has 3 heterocycles. The van der Waals surface area contributed by atoms with Crippen molar-refractivity contribution >= 4 is 27.7 Å². The van der Waals surface area contributed by atoms with E-state index in [9.17, 15) is 26.4 Å². The standard InChI is InChI=1S/C33H39F3N4O7S/c34-33(35,36)29-19-27(20-37-31(29)39-15-17-44-18-16-39)38-48(42,43)40-14-8-7-13-30(40)32(41)47-28(23-45-21-25-9-3-1-4-10-25)24-46-22-26-11-5-2-6-12-26/h1-6,9-12,19-20,28,30,38H,7-8,13-18,21-24H2. The second kappa shape index (κ2) is 16.6. The van der Waals surface area contributed by atoms with E-state index >= 15 is 0 Å². The van der Waals surface area contributed by atoms with Crippen LogP contribution in [0.15, 0.2) is 72.9 Å². The molecule has 1 unspecified atom stereocenters. The van der Waals surface area contributed by atoms with Crippen molar-refractivity contribution < 1.29 is 45.3 Å². The number of hydrogen-bond donors (Lipinski definition) is 1. The normalized spacial score (nSPS) is 17.8. The lowest BCUT2D eigenvalue weighted by molar-refractivity contribution is -0.162. The van der Waals surface area contributed by atoms with Crippen LogP contribution in [0.1, 0.15) is 36.0 Å². The molecule has 0 spiro atoms. The minimum atomic E-state index is -4.79. The molecule has 260 valence electrons. The van der Waals surface area contributed by atoms with Gasteiger partial charge in [0.15, 0.2) is 0 Å². The molecule has 0 saturated carbocycles. The van der Waals surface area contributed by atoms with E-state index < -0.39 is 40.1 Å². The van der Waals surface area contributed by atoms with Crippen LogP contribution in [0.5, 0.6) is 0 Å². The number of pyridine rings is 1. The van der Waals surface area contributed by atoms with Crippen LogP contribution in [-0.4, -0.2) is 81.9 Å². The van der Waals surface area contributed by atoms with Gasteiger partial charge in [-0.1, -0.05) is 60.7 Å². The number of carbonyl (C=O) groups excluding carboxylic acids is 1. The molecule has 1 N–H and O–H groups in total. The molecule has 5 rings (SSSR count). The van der Waals surface area contributed by atoms with E-state index in [1.165, 1.54) is 4.90 Å². The minimum absolute atomic E-state index is 0.00543. The summed E-state index contributed by atoms with van der Waals surface area (Å²) in [5.41, 5.74) is 0.390. The number of hydrogen-bond acceptors (Lipinski definition) is 9. The van der Waals surface area contributed by atoms with Crippen LogP contribution < -0.4 is 9.62 Å². The Morgan fingerprint density at radius 2 is 1.54 bits per heavy atom. The molecule has 2 saturated heterocycles. The van der Waals surface area contributed by atoms with Crippen molar-refractivity contribution in [1.29, 1.82) is 0 Å². The molecule has 0 amide bonds. The van der Waals surface area contributed by atoms with Crippen molar-refractivity contribution in [2.75, 3.05) is 55.7 Å². The van der Waals surface area contributed by atoms with Gasteiger partial charge in [-0.15, -0.1) is 0 Å². The number of halogens is 3. The van der Waals surface area contributed by atoms with Gasteiger partial charge in [0.05, 0.1) is 51.5 Å². The predicted octanol–water partition coefficient (Wildman–Crippen LogP) is 4.79. The molecular formula is C33H39F3N4O7S. The number of nitrogens with one attached hydrogen (secondary N) is 1. The third-order valence-corrected chi connectivity index (χ3v) is 9.43. The molecule has 15 heteroatoms. The van der Waals surface area contributed by atoms with E-state index in [1.54, 1.807) is 0 Å². The predicted molar refractivity (Wildman–Crippen MR) is 171 cm³/mol. The molecule has 48 heavy (non-hydrogen) atoms. The summed E-state index contributed by atoms with van der Waals surface area (Å²) in [6.07, 6.45) is -3.42. The van der Waals surface area contributed by atoms with E-state index in [0.29, 0.717) is 12.8 Å². The van der Waals surface area contributed by atoms with Crippen molar-refractivity contribution in [3.05, 3.63) is 89.6 Å². The minimum Gasteiger partial charge on any atom is -0.456 e. The Morgan fingerprint density at radius 3 is 2.12 bits per heavy atom. The van der Waals surface area contributed by atoms with Crippen LogP contribution in [0, 0.1) is 0 Å². The Kier molecular flexibility index (Phi) is 12.3. The van der Waals surface area contributed by atoms with E-state index in [0.717, 1.165) is 27.7 Å². The van der Waals surface area contributed by atoms with Gasteiger partial charge in [0.2, 0.25) is 0 Å². The molecule has 2 aliphatic heterocycles. The Hall–Kier alpha value is -3.76. The fourth-order valence-electron chi connectivity index (χ4n) is 5.51. The molecule has 1 aromatic heterocycles. The monoisotopic (exact) mass is 692 g/mol. The number of nitrogens with zero attached hydrogens (tertiary/aromatic N) is 3. The highest BCUT2D eigenvalue weighted by Crippen LogP contribution is 2.37. The van der Waals surface area contributed by atoms with Crippen molar-refractivity contribution in [2.24, 2.45) is 0 Å². The first kappa shape index (κ1) is 35.5. The van der Waals surface area contributed by atoms with Gasteiger partial charge >= 0.3 is 22.4 Å². The van der Waals surface area contributed by atoms with Gasteiger partial charge in [-0.05, 0) is 36.5 Å². The smallest absolute Gasteiger partial charge is 0.420 e. The summed E-state index contributed by atoms with van der Waals surface area (Å²) in [6.45, 7) is 1.42. The van der Waals surface area contributed by atoms with Gasteiger partial charge in [-0.3, -0.25) is 9.52 Å². The number of esters is 1. The molecular weight excluding hydrogens is 653 g/mol. The zero-order chi connectivity index (χ0) is 34.0. The van der Waals surface area contributed by atoms with Gasteiger partial charge in [-0.2, -0.15) is 25.9 Å². The number of benzene rings is 2. The van der Waals surface area contributed by atoms with Crippen LogP contribution in [-0.2, 0) is 53.3 Å². The maximum absolute atomic E-state index is 14.1. The van der Waals surface area contributed by atoms with Gasteiger partial charge in [0.1, 0.15) is 23.5 Å². The number of alkyl halides is 3. The van der Waals surface area contributed by atoms with Crippen LogP contribution in [0.4, 0.5) is 24.7 Å². The number of morpholine rings is 1. The van der Waals surface area contributed by atoms with Gasteiger partial charge in [-0.25, -0.2) is 4.98 Å². The zero-order valence-corrected chi connectivity index (χ0v) is 27.1. The Labute approximate surface area is 278 Å². The fraction of sp³-hybridized carbons (Fsp3) is 0.455. The fourth-order valence-corrected chi connectivity index (χ4v) is 6.93. The summed E-state index contributed by atoms with van der Waals surface area (Å²) in [7, 11) is -4.49. The molecule has 0 bridgehead atoms. The first-order valence-corrected chi connectivity index (χ1v) is 17.2. The average molecular weight is 693 g/mol. The molecule has 2 aliphatic rings. The van der Waals surface area contributed by atoms with Crippen molar-refractivity contribution in [1.82, 2.24) is 9.29 Å². The third kappa shape index (κ3) is 9.89. The molecule has 0 radical (unpaired) electrons. The number of anilines is 2. The van der Waals surface area contributed by atoms with E-state index in [4.69, 9.17) is 18.9 Å². The summed E-state index contributed by atoms with van der Waals surface area (Å²) < 4.78 is 95.2. The van der Waals surface area contributed by atoms with Gasteiger partial charge < -0.3 is 23.8 Å². The number of rotatable bonds is 14. The lowest BCUT2D eigenvalue weighted by Crippen LogP contribution is -2.51. The summed E-state index contributed by atoms with van der Waals surface area (Å²) in [5.74, 6) is -1.10. The summed E-state index contributed by atoms with van der Waals surface area (Å²) >= 11 is 0. The first-order chi connectivity index (χ1) is 23.1. The number of aromatic nitrogens is 1. The van der Waals surface area contributed by atoms with E-state index in [2.05, 4.69) is 9.71 Å². The van der Waals surface area contributed by atoms with Crippen LogP contribution in [0.25, 0.3) is 0 Å². The highest BCUT2D eigenvalue weighted by molar-refractivity contribution is 7.90. The average Bonchev–Trinajstić information content (AvgIpc) is 3.09. The van der Waals surface area contributed by atoms with Crippen LogP contribution in [0.2, 0.25) is 0 Å². The third-order valence-electron chi connectivity index (χ3n) is 7.88. The number of carbonyl (C=O) groups is 1. The zero-order valence-electron chi connectivity index (χ0n) is 26.3. The largest absolute Gasteiger partial charge is 0.456 e. The second-order valence-corrected chi connectivity index (χ2v) is 13.1. The van der Waals surface area contributed by atoms with E-state index in [1.807, 2.05) is 60.7 Å². The SMILES string of the molecule is O=C(OC(COCc1ccccc1)COCc1ccccc1)C1CCCCN1S(=O)(=O)Nc1cnc(N2CCOCC2)c(C(F)(F)F)c1.